The van der Waals surface area contributed by atoms with Gasteiger partial charge in [0.2, 0.25) is 10.0 Å². The molecule has 1 aromatic heterocycles. The molecule has 1 N–H and O–H groups in total. The first kappa shape index (κ1) is 22.4. The maximum atomic E-state index is 13.4. The Morgan fingerprint density at radius 1 is 1.09 bits per heavy atom. The number of carboxylic acid groups (broad SMARTS) is 1. The highest BCUT2D eigenvalue weighted by molar-refractivity contribution is 7.89. The number of benzene rings is 2. The van der Waals surface area contributed by atoms with Crippen LogP contribution in [0.1, 0.15) is 31.4 Å². The quantitative estimate of drug-likeness (QED) is 0.602. The Balaban J connectivity index is 1.57. The van der Waals surface area contributed by atoms with Gasteiger partial charge in [0.05, 0.1) is 11.2 Å². The molecule has 1 aliphatic heterocycles. The number of piperazine rings is 1. The second kappa shape index (κ2) is 8.60. The zero-order valence-corrected chi connectivity index (χ0v) is 19.3. The molecule has 2 atom stereocenters. The van der Waals surface area contributed by atoms with Crippen LogP contribution in [0.2, 0.25) is 0 Å². The van der Waals surface area contributed by atoms with Crippen LogP contribution in [0.3, 0.4) is 0 Å². The zero-order chi connectivity index (χ0) is 23.0. The Morgan fingerprint density at radius 3 is 2.50 bits per heavy atom. The molecular weight excluding hydrogens is 428 g/mol. The SMILES string of the molecule is Cc1ccc(S(=O)(=O)N2C[C@H](C)N(c3ccc4occc4c3)[C@@H](C)C2)cc1CCC(=O)O. The Hall–Kier alpha value is -2.84. The van der Waals surface area contributed by atoms with Crippen molar-refractivity contribution in [1.29, 1.82) is 0 Å². The van der Waals surface area contributed by atoms with E-state index >= 15 is 0 Å². The van der Waals surface area contributed by atoms with Gasteiger partial charge < -0.3 is 14.4 Å². The molecule has 2 heterocycles. The minimum atomic E-state index is -3.69. The van der Waals surface area contributed by atoms with Crippen LogP contribution in [0, 0.1) is 6.92 Å². The third-order valence-corrected chi connectivity index (χ3v) is 8.01. The number of nitrogens with zero attached hydrogens (tertiary/aromatic N) is 2. The molecular formula is C24H28N2O5S. The summed E-state index contributed by atoms with van der Waals surface area (Å²) in [6, 6.07) is 12.9. The summed E-state index contributed by atoms with van der Waals surface area (Å²) < 4.78 is 33.9. The summed E-state index contributed by atoms with van der Waals surface area (Å²) in [5, 5.41) is 10.0. The average Bonchev–Trinajstić information content (AvgIpc) is 3.20. The lowest BCUT2D eigenvalue weighted by atomic mass is 10.0. The number of fused-ring (bicyclic) bond motifs is 1. The minimum absolute atomic E-state index is 0.0187. The molecule has 8 heteroatoms. The van der Waals surface area contributed by atoms with Gasteiger partial charge in [0, 0.05) is 42.7 Å². The van der Waals surface area contributed by atoms with E-state index in [0.717, 1.165) is 27.8 Å². The van der Waals surface area contributed by atoms with Gasteiger partial charge in [-0.3, -0.25) is 4.79 Å². The molecule has 170 valence electrons. The van der Waals surface area contributed by atoms with Crippen LogP contribution in [0.4, 0.5) is 5.69 Å². The highest BCUT2D eigenvalue weighted by Gasteiger charge is 2.36. The highest BCUT2D eigenvalue weighted by atomic mass is 32.2. The van der Waals surface area contributed by atoms with Gasteiger partial charge >= 0.3 is 5.97 Å². The summed E-state index contributed by atoms with van der Waals surface area (Å²) >= 11 is 0. The number of sulfonamides is 1. The molecule has 1 fully saturated rings. The van der Waals surface area contributed by atoms with Gasteiger partial charge in [-0.05, 0) is 74.7 Å². The minimum Gasteiger partial charge on any atom is -0.481 e. The summed E-state index contributed by atoms with van der Waals surface area (Å²) in [6.07, 6.45) is 1.94. The van der Waals surface area contributed by atoms with E-state index in [0.29, 0.717) is 19.5 Å². The fraction of sp³-hybridized carbons (Fsp3) is 0.375. The fourth-order valence-corrected chi connectivity index (χ4v) is 6.22. The van der Waals surface area contributed by atoms with Crippen LogP contribution < -0.4 is 4.90 Å². The topological polar surface area (TPSA) is 91.1 Å². The van der Waals surface area contributed by atoms with Crippen molar-refractivity contribution in [2.24, 2.45) is 0 Å². The number of hydrogen-bond donors (Lipinski definition) is 1. The van der Waals surface area contributed by atoms with Crippen molar-refractivity contribution in [3.63, 3.8) is 0 Å². The number of aliphatic carboxylic acids is 1. The molecule has 0 amide bonds. The normalized spacial score (nSPS) is 20.0. The van der Waals surface area contributed by atoms with Crippen molar-refractivity contribution in [3.05, 3.63) is 59.9 Å². The molecule has 0 radical (unpaired) electrons. The summed E-state index contributed by atoms with van der Waals surface area (Å²) in [7, 11) is -3.69. The van der Waals surface area contributed by atoms with Crippen LogP contribution in [0.15, 0.2) is 58.0 Å². The number of carbonyl (C=O) groups is 1. The van der Waals surface area contributed by atoms with E-state index < -0.39 is 16.0 Å². The molecule has 2 aromatic carbocycles. The predicted octanol–water partition coefficient (Wildman–Crippen LogP) is 4.05. The first-order valence-corrected chi connectivity index (χ1v) is 12.2. The van der Waals surface area contributed by atoms with Crippen LogP contribution in [0.5, 0.6) is 0 Å². The maximum Gasteiger partial charge on any atom is 0.303 e. The van der Waals surface area contributed by atoms with Crippen molar-refractivity contribution >= 4 is 32.6 Å². The molecule has 0 spiro atoms. The van der Waals surface area contributed by atoms with E-state index in [1.807, 2.05) is 39.0 Å². The molecule has 0 unspecified atom stereocenters. The van der Waals surface area contributed by atoms with Crippen molar-refractivity contribution in [2.75, 3.05) is 18.0 Å². The number of rotatable bonds is 6. The monoisotopic (exact) mass is 456 g/mol. The lowest BCUT2D eigenvalue weighted by molar-refractivity contribution is -0.136. The second-order valence-electron chi connectivity index (χ2n) is 8.55. The Kier molecular flexibility index (Phi) is 6.01. The van der Waals surface area contributed by atoms with E-state index in [1.165, 1.54) is 0 Å². The van der Waals surface area contributed by atoms with Crippen LogP contribution in [-0.4, -0.2) is 49.0 Å². The van der Waals surface area contributed by atoms with Gasteiger partial charge in [0.1, 0.15) is 5.58 Å². The fourth-order valence-electron chi connectivity index (χ4n) is 4.56. The Labute approximate surface area is 188 Å². The van der Waals surface area contributed by atoms with Gasteiger partial charge in [0.25, 0.3) is 0 Å². The van der Waals surface area contributed by atoms with E-state index in [4.69, 9.17) is 9.52 Å². The molecule has 0 bridgehead atoms. The zero-order valence-electron chi connectivity index (χ0n) is 18.5. The lowest BCUT2D eigenvalue weighted by Gasteiger charge is -2.45. The first-order chi connectivity index (χ1) is 15.2. The van der Waals surface area contributed by atoms with E-state index in [2.05, 4.69) is 11.0 Å². The summed E-state index contributed by atoms with van der Waals surface area (Å²) in [5.41, 5.74) is 3.52. The largest absolute Gasteiger partial charge is 0.481 e. The third kappa shape index (κ3) is 4.25. The molecule has 7 nitrogen and oxygen atoms in total. The van der Waals surface area contributed by atoms with Crippen LogP contribution in [0.25, 0.3) is 11.0 Å². The number of furan rings is 1. The highest BCUT2D eigenvalue weighted by Crippen LogP contribution is 2.31. The first-order valence-electron chi connectivity index (χ1n) is 10.7. The molecule has 1 aliphatic rings. The van der Waals surface area contributed by atoms with Gasteiger partial charge in [-0.15, -0.1) is 0 Å². The molecule has 4 rings (SSSR count). The molecule has 3 aromatic rings. The summed E-state index contributed by atoms with van der Waals surface area (Å²) in [5.74, 6) is -0.898. The third-order valence-electron chi connectivity index (χ3n) is 6.19. The molecule has 1 saturated heterocycles. The average molecular weight is 457 g/mol. The lowest BCUT2D eigenvalue weighted by Crippen LogP contribution is -2.58. The maximum absolute atomic E-state index is 13.4. The van der Waals surface area contributed by atoms with Crippen molar-refractivity contribution in [3.8, 4) is 0 Å². The van der Waals surface area contributed by atoms with Gasteiger partial charge in [-0.2, -0.15) is 4.31 Å². The standard InChI is InChI=1S/C24H28N2O5S/c1-16-4-7-22(13-19(16)5-9-24(27)28)32(29,30)25-14-17(2)26(18(3)15-25)21-6-8-23-20(12-21)10-11-31-23/h4,6-8,10-13,17-18H,5,9,14-15H2,1-3H3,(H,27,28)/t17-,18-/m0/s1. The van der Waals surface area contributed by atoms with E-state index in [1.54, 1.807) is 28.8 Å². The van der Waals surface area contributed by atoms with Gasteiger partial charge in [-0.1, -0.05) is 6.07 Å². The second-order valence-corrected chi connectivity index (χ2v) is 10.5. The van der Waals surface area contributed by atoms with Crippen molar-refractivity contribution in [2.45, 2.75) is 50.6 Å². The van der Waals surface area contributed by atoms with Gasteiger partial charge in [-0.25, -0.2) is 8.42 Å². The van der Waals surface area contributed by atoms with Crippen LogP contribution in [-0.2, 0) is 21.2 Å². The van der Waals surface area contributed by atoms with Crippen LogP contribution >= 0.6 is 0 Å². The van der Waals surface area contributed by atoms with E-state index in [9.17, 15) is 13.2 Å². The van der Waals surface area contributed by atoms with Crippen molar-refractivity contribution < 1.29 is 22.7 Å². The van der Waals surface area contributed by atoms with Gasteiger partial charge in [0.15, 0.2) is 0 Å². The predicted molar refractivity (Wildman–Crippen MR) is 124 cm³/mol. The number of hydrogen-bond acceptors (Lipinski definition) is 5. The van der Waals surface area contributed by atoms with Crippen molar-refractivity contribution in [1.82, 2.24) is 4.31 Å². The summed E-state index contributed by atoms with van der Waals surface area (Å²) in [4.78, 5) is 13.4. The molecule has 0 saturated carbocycles. The summed E-state index contributed by atoms with van der Waals surface area (Å²) in [6.45, 7) is 6.67. The Morgan fingerprint density at radius 2 is 1.81 bits per heavy atom. The number of carboxylic acids is 1. The Bertz CT molecular complexity index is 1240. The molecule has 32 heavy (non-hydrogen) atoms. The number of anilines is 1. The number of aryl methyl sites for hydroxylation is 2. The smallest absolute Gasteiger partial charge is 0.303 e. The molecule has 0 aliphatic carbocycles. The van der Waals surface area contributed by atoms with E-state index in [-0.39, 0.29) is 23.4 Å².